The molecule has 0 spiro atoms. The monoisotopic (exact) mass is 257 g/mol. The van der Waals surface area contributed by atoms with Crippen molar-refractivity contribution in [3.05, 3.63) is 28.8 Å². The van der Waals surface area contributed by atoms with Gasteiger partial charge >= 0.3 is 0 Å². The van der Waals surface area contributed by atoms with Crippen LogP contribution in [0, 0.1) is 0 Å². The zero-order valence-corrected chi connectivity index (χ0v) is 11.3. The minimum atomic E-state index is -0.109. The van der Waals surface area contributed by atoms with Gasteiger partial charge in [0, 0.05) is 29.3 Å². The highest BCUT2D eigenvalue weighted by Crippen LogP contribution is 2.23. The zero-order chi connectivity index (χ0) is 12.9. The van der Waals surface area contributed by atoms with E-state index < -0.39 is 0 Å². The second-order valence-corrected chi connectivity index (χ2v) is 5.10. The van der Waals surface area contributed by atoms with Gasteiger partial charge in [0.1, 0.15) is 5.75 Å². The Morgan fingerprint density at radius 1 is 1.41 bits per heavy atom. The number of ether oxygens (including phenoxy) is 1. The van der Waals surface area contributed by atoms with E-state index in [0.717, 1.165) is 11.3 Å². The van der Waals surface area contributed by atoms with Gasteiger partial charge in [-0.25, -0.2) is 0 Å². The molecule has 0 aromatic heterocycles. The highest BCUT2D eigenvalue weighted by Gasteiger charge is 2.16. The molecular weight excluding hydrogens is 238 g/mol. The topological polar surface area (TPSA) is 41.5 Å². The molecule has 0 bridgehead atoms. The Labute approximate surface area is 108 Å². The highest BCUT2D eigenvalue weighted by molar-refractivity contribution is 6.30. The molecular formula is C13H20ClNO2. The van der Waals surface area contributed by atoms with Crippen LogP contribution in [-0.2, 0) is 6.54 Å². The molecule has 0 heterocycles. The van der Waals surface area contributed by atoms with E-state index in [9.17, 15) is 0 Å². The second kappa shape index (κ2) is 6.24. The summed E-state index contributed by atoms with van der Waals surface area (Å²) < 4.78 is 5.28. The number of aliphatic hydroxyl groups excluding tert-OH is 1. The number of hydrogen-bond acceptors (Lipinski definition) is 3. The summed E-state index contributed by atoms with van der Waals surface area (Å²) in [5, 5.41) is 13.0. The summed E-state index contributed by atoms with van der Waals surface area (Å²) in [5.74, 6) is 0.821. The third kappa shape index (κ3) is 4.54. The van der Waals surface area contributed by atoms with Crippen molar-refractivity contribution in [2.45, 2.75) is 32.4 Å². The van der Waals surface area contributed by atoms with E-state index in [0.29, 0.717) is 18.0 Å². The molecule has 0 unspecified atom stereocenters. The molecule has 0 radical (unpaired) electrons. The zero-order valence-electron chi connectivity index (χ0n) is 10.6. The van der Waals surface area contributed by atoms with E-state index in [1.54, 1.807) is 7.11 Å². The first-order chi connectivity index (χ1) is 7.98. The molecule has 1 aromatic carbocycles. The molecule has 96 valence electrons. The van der Waals surface area contributed by atoms with Crippen molar-refractivity contribution in [1.29, 1.82) is 0 Å². The van der Waals surface area contributed by atoms with Crippen LogP contribution < -0.4 is 10.1 Å². The number of aliphatic hydroxyl groups is 1. The van der Waals surface area contributed by atoms with Crippen LogP contribution in [0.1, 0.15) is 25.8 Å². The third-order valence-electron chi connectivity index (χ3n) is 2.74. The van der Waals surface area contributed by atoms with Crippen molar-refractivity contribution in [3.8, 4) is 5.75 Å². The molecule has 0 atom stereocenters. The van der Waals surface area contributed by atoms with Crippen molar-refractivity contribution in [2.24, 2.45) is 0 Å². The number of rotatable bonds is 6. The number of hydrogen-bond donors (Lipinski definition) is 2. The number of methoxy groups -OCH3 is 1. The van der Waals surface area contributed by atoms with E-state index in [4.69, 9.17) is 21.4 Å². The summed E-state index contributed by atoms with van der Waals surface area (Å²) in [4.78, 5) is 0. The Kier molecular flexibility index (Phi) is 5.25. The van der Waals surface area contributed by atoms with Crippen LogP contribution >= 0.6 is 11.6 Å². The van der Waals surface area contributed by atoms with E-state index >= 15 is 0 Å². The molecule has 0 saturated carbocycles. The van der Waals surface area contributed by atoms with Gasteiger partial charge in [0.05, 0.1) is 7.11 Å². The molecule has 1 rings (SSSR count). The average Bonchev–Trinajstić information content (AvgIpc) is 2.27. The molecule has 17 heavy (non-hydrogen) atoms. The molecule has 0 fully saturated rings. The molecule has 0 aliphatic carbocycles. The van der Waals surface area contributed by atoms with Crippen LogP contribution in [0.3, 0.4) is 0 Å². The molecule has 0 saturated heterocycles. The molecule has 0 aliphatic rings. The lowest BCUT2D eigenvalue weighted by Gasteiger charge is -2.26. The third-order valence-corrected chi connectivity index (χ3v) is 2.97. The first kappa shape index (κ1) is 14.3. The SMILES string of the molecule is COc1ccc(Cl)cc1CNC(C)(C)CCO. The quantitative estimate of drug-likeness (QED) is 0.823. The molecule has 4 heteroatoms. The summed E-state index contributed by atoms with van der Waals surface area (Å²) in [6.45, 7) is 4.95. The van der Waals surface area contributed by atoms with Crippen molar-refractivity contribution in [2.75, 3.05) is 13.7 Å². The number of benzene rings is 1. The summed E-state index contributed by atoms with van der Waals surface area (Å²) in [6, 6.07) is 5.56. The normalized spacial score (nSPS) is 11.6. The smallest absolute Gasteiger partial charge is 0.123 e. The van der Waals surface area contributed by atoms with Gasteiger partial charge in [0.15, 0.2) is 0 Å². The largest absolute Gasteiger partial charge is 0.496 e. The van der Waals surface area contributed by atoms with E-state index in [1.807, 2.05) is 18.2 Å². The van der Waals surface area contributed by atoms with Gasteiger partial charge < -0.3 is 15.2 Å². The van der Waals surface area contributed by atoms with Crippen molar-refractivity contribution in [1.82, 2.24) is 5.32 Å². The summed E-state index contributed by atoms with van der Waals surface area (Å²) in [5.41, 5.74) is 0.910. The van der Waals surface area contributed by atoms with Crippen LogP contribution in [-0.4, -0.2) is 24.4 Å². The average molecular weight is 258 g/mol. The van der Waals surface area contributed by atoms with Crippen molar-refractivity contribution in [3.63, 3.8) is 0 Å². The van der Waals surface area contributed by atoms with Gasteiger partial charge in [-0.3, -0.25) is 0 Å². The predicted molar refractivity (Wildman–Crippen MR) is 70.6 cm³/mol. The van der Waals surface area contributed by atoms with Crippen LogP contribution in [0.25, 0.3) is 0 Å². The maximum Gasteiger partial charge on any atom is 0.123 e. The fraction of sp³-hybridized carbons (Fsp3) is 0.538. The standard InChI is InChI=1S/C13H20ClNO2/c1-13(2,6-7-16)15-9-10-8-11(14)4-5-12(10)17-3/h4-5,8,15-16H,6-7,9H2,1-3H3. The number of halogens is 1. The Balaban J connectivity index is 2.71. The predicted octanol–water partition coefficient (Wildman–Crippen LogP) is 2.60. The maximum absolute atomic E-state index is 8.96. The van der Waals surface area contributed by atoms with Gasteiger partial charge in [0.25, 0.3) is 0 Å². The van der Waals surface area contributed by atoms with Gasteiger partial charge in [-0.1, -0.05) is 11.6 Å². The fourth-order valence-electron chi connectivity index (χ4n) is 1.59. The fourth-order valence-corrected chi connectivity index (χ4v) is 1.78. The summed E-state index contributed by atoms with van der Waals surface area (Å²) in [6.07, 6.45) is 0.704. The Morgan fingerprint density at radius 3 is 2.71 bits per heavy atom. The van der Waals surface area contributed by atoms with E-state index in [1.165, 1.54) is 0 Å². The lowest BCUT2D eigenvalue weighted by Crippen LogP contribution is -2.39. The lowest BCUT2D eigenvalue weighted by atomic mass is 10.0. The highest BCUT2D eigenvalue weighted by atomic mass is 35.5. The Morgan fingerprint density at radius 2 is 2.12 bits per heavy atom. The molecule has 0 amide bonds. The Bertz CT molecular complexity index is 366. The van der Waals surface area contributed by atoms with Crippen LogP contribution in [0.4, 0.5) is 0 Å². The molecule has 0 aliphatic heterocycles. The van der Waals surface area contributed by atoms with Crippen molar-refractivity contribution < 1.29 is 9.84 Å². The van der Waals surface area contributed by atoms with Gasteiger partial charge in [-0.05, 0) is 38.5 Å². The van der Waals surface area contributed by atoms with E-state index in [2.05, 4.69) is 19.2 Å². The van der Waals surface area contributed by atoms with Crippen LogP contribution in [0.2, 0.25) is 5.02 Å². The molecule has 3 nitrogen and oxygen atoms in total. The minimum Gasteiger partial charge on any atom is -0.496 e. The van der Waals surface area contributed by atoms with Gasteiger partial charge in [-0.15, -0.1) is 0 Å². The van der Waals surface area contributed by atoms with E-state index in [-0.39, 0.29) is 12.1 Å². The van der Waals surface area contributed by atoms with Gasteiger partial charge in [0.2, 0.25) is 0 Å². The van der Waals surface area contributed by atoms with Gasteiger partial charge in [-0.2, -0.15) is 0 Å². The maximum atomic E-state index is 8.96. The van der Waals surface area contributed by atoms with Crippen molar-refractivity contribution >= 4 is 11.6 Å². The molecule has 2 N–H and O–H groups in total. The first-order valence-corrected chi connectivity index (χ1v) is 6.04. The second-order valence-electron chi connectivity index (χ2n) is 4.67. The summed E-state index contributed by atoms with van der Waals surface area (Å²) in [7, 11) is 1.64. The summed E-state index contributed by atoms with van der Waals surface area (Å²) >= 11 is 5.96. The lowest BCUT2D eigenvalue weighted by molar-refractivity contribution is 0.229. The Hall–Kier alpha value is -0.770. The number of nitrogens with one attached hydrogen (secondary N) is 1. The van der Waals surface area contributed by atoms with Crippen LogP contribution in [0.5, 0.6) is 5.75 Å². The first-order valence-electron chi connectivity index (χ1n) is 5.67. The van der Waals surface area contributed by atoms with Crippen LogP contribution in [0.15, 0.2) is 18.2 Å². The minimum absolute atomic E-state index is 0.109. The molecule has 1 aromatic rings.